The lowest BCUT2D eigenvalue weighted by Crippen LogP contribution is -2.18. The second kappa shape index (κ2) is 6.48. The van der Waals surface area contributed by atoms with Crippen LogP contribution in [0.3, 0.4) is 0 Å². The minimum absolute atomic E-state index is 0.0471. The Hall–Kier alpha value is -1.00. The van der Waals surface area contributed by atoms with Gasteiger partial charge >= 0.3 is 0 Å². The molecule has 0 radical (unpaired) electrons. The Morgan fingerprint density at radius 2 is 2.13 bits per heavy atom. The Labute approximate surface area is 94.6 Å². The van der Waals surface area contributed by atoms with Gasteiger partial charge in [0.05, 0.1) is 5.69 Å². The van der Waals surface area contributed by atoms with E-state index in [9.17, 15) is 4.79 Å². The first-order valence-electron chi connectivity index (χ1n) is 4.85. The molecule has 1 aromatic rings. The number of amides is 1. The number of rotatable bonds is 5. The van der Waals surface area contributed by atoms with Crippen LogP contribution in [-0.2, 0) is 4.79 Å². The van der Waals surface area contributed by atoms with E-state index >= 15 is 0 Å². The third-order valence-electron chi connectivity index (χ3n) is 1.98. The number of thioether (sulfide) groups is 1. The number of hydrogen-bond donors (Lipinski definition) is 2. The van der Waals surface area contributed by atoms with Crippen molar-refractivity contribution >= 4 is 23.4 Å². The molecule has 0 atom stereocenters. The smallest absolute Gasteiger partial charge is 0.225 e. The molecule has 0 heterocycles. The molecule has 1 amide bonds. The zero-order chi connectivity index (χ0) is 11.1. The van der Waals surface area contributed by atoms with Crippen molar-refractivity contribution in [3.63, 3.8) is 0 Å². The Balaban J connectivity index is 2.59. The van der Waals surface area contributed by atoms with Gasteiger partial charge in [0.1, 0.15) is 0 Å². The summed E-state index contributed by atoms with van der Waals surface area (Å²) < 4.78 is 0. The minimum atomic E-state index is 0.0471. The first-order valence-corrected chi connectivity index (χ1v) is 6.08. The number of para-hydroxylation sites is 1. The summed E-state index contributed by atoms with van der Waals surface area (Å²) in [5.41, 5.74) is 0.895. The van der Waals surface area contributed by atoms with Crippen molar-refractivity contribution in [2.24, 2.45) is 0 Å². The van der Waals surface area contributed by atoms with Gasteiger partial charge in [0.2, 0.25) is 5.91 Å². The van der Waals surface area contributed by atoms with Crippen molar-refractivity contribution in [1.82, 2.24) is 5.32 Å². The Morgan fingerprint density at radius 3 is 2.80 bits per heavy atom. The predicted octanol–water partition coefficient (Wildman–Crippen LogP) is 1.96. The van der Waals surface area contributed by atoms with Crippen LogP contribution in [0.15, 0.2) is 29.2 Å². The lowest BCUT2D eigenvalue weighted by Gasteiger charge is -2.08. The lowest BCUT2D eigenvalue weighted by atomic mass is 10.3. The van der Waals surface area contributed by atoms with Gasteiger partial charge in [-0.3, -0.25) is 4.79 Å². The van der Waals surface area contributed by atoms with Crippen molar-refractivity contribution in [3.8, 4) is 0 Å². The topological polar surface area (TPSA) is 41.1 Å². The van der Waals surface area contributed by atoms with Gasteiger partial charge in [-0.1, -0.05) is 12.1 Å². The molecule has 4 heteroatoms. The molecular weight excluding hydrogens is 208 g/mol. The van der Waals surface area contributed by atoms with Gasteiger partial charge in [0.15, 0.2) is 0 Å². The number of carbonyl (C=O) groups excluding carboxylic acids is 1. The van der Waals surface area contributed by atoms with Gasteiger partial charge in [-0.2, -0.15) is 0 Å². The van der Waals surface area contributed by atoms with E-state index in [0.717, 1.165) is 10.6 Å². The third-order valence-corrected chi connectivity index (χ3v) is 2.78. The van der Waals surface area contributed by atoms with Crippen LogP contribution in [0.5, 0.6) is 0 Å². The predicted molar refractivity (Wildman–Crippen MR) is 65.4 cm³/mol. The molecule has 0 bridgehead atoms. The molecular formula is C11H16N2OS. The summed E-state index contributed by atoms with van der Waals surface area (Å²) in [5.74, 6) is 0.0471. The molecule has 2 N–H and O–H groups in total. The van der Waals surface area contributed by atoms with Crippen LogP contribution >= 0.6 is 11.8 Å². The molecule has 0 spiro atoms. The maximum atomic E-state index is 11.5. The molecule has 15 heavy (non-hydrogen) atoms. The second-order valence-corrected chi connectivity index (χ2v) is 3.95. The van der Waals surface area contributed by atoms with Gasteiger partial charge in [-0.15, -0.1) is 11.8 Å². The number of hydrogen-bond acceptors (Lipinski definition) is 3. The standard InChI is InChI=1S/C11H16N2OS/c1-12-8-7-11(14)13-9-5-3-4-6-10(9)15-2/h3-6,12H,7-8H2,1-2H3,(H,13,14). The Bertz CT molecular complexity index is 328. The maximum absolute atomic E-state index is 11.5. The summed E-state index contributed by atoms with van der Waals surface area (Å²) in [6.07, 6.45) is 2.50. The monoisotopic (exact) mass is 224 g/mol. The van der Waals surface area contributed by atoms with Crippen LogP contribution < -0.4 is 10.6 Å². The molecule has 0 aliphatic carbocycles. The molecule has 0 aromatic heterocycles. The molecule has 0 unspecified atom stereocenters. The Kier molecular flexibility index (Phi) is 5.21. The van der Waals surface area contributed by atoms with Crippen molar-refractivity contribution in [3.05, 3.63) is 24.3 Å². The summed E-state index contributed by atoms with van der Waals surface area (Å²) >= 11 is 1.63. The van der Waals surface area contributed by atoms with E-state index in [1.807, 2.05) is 37.6 Å². The maximum Gasteiger partial charge on any atom is 0.225 e. The highest BCUT2D eigenvalue weighted by Gasteiger charge is 2.04. The number of nitrogens with one attached hydrogen (secondary N) is 2. The fraction of sp³-hybridized carbons (Fsp3) is 0.364. The number of anilines is 1. The molecule has 0 aliphatic rings. The summed E-state index contributed by atoms with van der Waals surface area (Å²) in [5, 5.41) is 5.84. The molecule has 0 fully saturated rings. The van der Waals surface area contributed by atoms with E-state index in [1.165, 1.54) is 0 Å². The first-order chi connectivity index (χ1) is 7.27. The average Bonchev–Trinajstić information content (AvgIpc) is 2.27. The zero-order valence-electron chi connectivity index (χ0n) is 9.04. The quantitative estimate of drug-likeness (QED) is 0.751. The highest BCUT2D eigenvalue weighted by atomic mass is 32.2. The highest BCUT2D eigenvalue weighted by Crippen LogP contribution is 2.24. The van der Waals surface area contributed by atoms with Gasteiger partial charge in [0, 0.05) is 17.9 Å². The largest absolute Gasteiger partial charge is 0.325 e. The van der Waals surface area contributed by atoms with Crippen molar-refractivity contribution < 1.29 is 4.79 Å². The number of benzene rings is 1. The van der Waals surface area contributed by atoms with Crippen LogP contribution in [0.4, 0.5) is 5.69 Å². The van der Waals surface area contributed by atoms with Crippen LogP contribution in [0.2, 0.25) is 0 Å². The molecule has 0 saturated heterocycles. The van der Waals surface area contributed by atoms with Crippen LogP contribution in [-0.4, -0.2) is 25.8 Å². The van der Waals surface area contributed by atoms with Gasteiger partial charge in [-0.05, 0) is 25.4 Å². The fourth-order valence-corrected chi connectivity index (χ4v) is 1.75. The van der Waals surface area contributed by atoms with E-state index in [0.29, 0.717) is 13.0 Å². The van der Waals surface area contributed by atoms with Gasteiger partial charge in [-0.25, -0.2) is 0 Å². The average molecular weight is 224 g/mol. The second-order valence-electron chi connectivity index (χ2n) is 3.10. The van der Waals surface area contributed by atoms with Gasteiger partial charge < -0.3 is 10.6 Å². The molecule has 0 saturated carbocycles. The van der Waals surface area contributed by atoms with E-state index < -0.39 is 0 Å². The highest BCUT2D eigenvalue weighted by molar-refractivity contribution is 7.98. The van der Waals surface area contributed by atoms with Crippen LogP contribution in [0, 0.1) is 0 Å². The molecule has 1 aromatic carbocycles. The molecule has 3 nitrogen and oxygen atoms in total. The first kappa shape index (κ1) is 12.1. The van der Waals surface area contributed by atoms with Gasteiger partial charge in [0.25, 0.3) is 0 Å². The SMILES string of the molecule is CNCCC(=O)Nc1ccccc1SC. The van der Waals surface area contributed by atoms with Crippen molar-refractivity contribution in [2.75, 3.05) is 25.2 Å². The van der Waals surface area contributed by atoms with E-state index in [2.05, 4.69) is 10.6 Å². The zero-order valence-corrected chi connectivity index (χ0v) is 9.86. The summed E-state index contributed by atoms with van der Waals surface area (Å²) in [7, 11) is 1.84. The van der Waals surface area contributed by atoms with Crippen LogP contribution in [0.1, 0.15) is 6.42 Å². The summed E-state index contributed by atoms with van der Waals surface area (Å²) in [4.78, 5) is 12.6. The van der Waals surface area contributed by atoms with E-state index in [4.69, 9.17) is 0 Å². The number of carbonyl (C=O) groups is 1. The van der Waals surface area contributed by atoms with Crippen molar-refractivity contribution in [1.29, 1.82) is 0 Å². The molecule has 1 rings (SSSR count). The summed E-state index contributed by atoms with van der Waals surface area (Å²) in [6.45, 7) is 0.702. The van der Waals surface area contributed by atoms with Crippen LogP contribution in [0.25, 0.3) is 0 Å². The third kappa shape index (κ3) is 3.93. The Morgan fingerprint density at radius 1 is 1.40 bits per heavy atom. The fourth-order valence-electron chi connectivity index (χ4n) is 1.20. The van der Waals surface area contributed by atoms with Crippen molar-refractivity contribution in [2.45, 2.75) is 11.3 Å². The minimum Gasteiger partial charge on any atom is -0.325 e. The van der Waals surface area contributed by atoms with E-state index in [1.54, 1.807) is 11.8 Å². The summed E-state index contributed by atoms with van der Waals surface area (Å²) in [6, 6.07) is 7.81. The molecule has 82 valence electrons. The molecule has 0 aliphatic heterocycles. The normalized spacial score (nSPS) is 10.0. The lowest BCUT2D eigenvalue weighted by molar-refractivity contribution is -0.116. The van der Waals surface area contributed by atoms with E-state index in [-0.39, 0.29) is 5.91 Å².